The average molecular weight is 294 g/mol. The number of primary amides is 1. The van der Waals surface area contributed by atoms with Crippen molar-refractivity contribution >= 4 is 17.8 Å². The van der Waals surface area contributed by atoms with Crippen LogP contribution in [0, 0.1) is 29.6 Å². The highest BCUT2D eigenvalue weighted by Crippen LogP contribution is 2.56. The number of hydrogen-bond acceptors (Lipinski definition) is 3. The molecule has 4 saturated carbocycles. The van der Waals surface area contributed by atoms with Crippen LogP contribution in [0.15, 0.2) is 0 Å². The molecule has 6 nitrogen and oxygen atoms in total. The Balaban J connectivity index is 1.67. The van der Waals surface area contributed by atoms with Gasteiger partial charge in [-0.15, -0.1) is 0 Å². The van der Waals surface area contributed by atoms with Crippen LogP contribution in [0.4, 0.5) is 0 Å². The van der Waals surface area contributed by atoms with Gasteiger partial charge in [0.25, 0.3) is 0 Å². The Hall–Kier alpha value is -1.59. The fourth-order valence-corrected chi connectivity index (χ4v) is 5.02. The summed E-state index contributed by atoms with van der Waals surface area (Å²) in [5.74, 6) is 0.118. The Kier molecular flexibility index (Phi) is 3.63. The van der Waals surface area contributed by atoms with Gasteiger partial charge in [0.05, 0.1) is 6.42 Å². The fourth-order valence-electron chi connectivity index (χ4n) is 5.02. The lowest BCUT2D eigenvalue weighted by molar-refractivity contribution is -0.147. The molecule has 116 valence electrons. The van der Waals surface area contributed by atoms with Gasteiger partial charge in [0.15, 0.2) is 0 Å². The molecule has 4 bridgehead atoms. The van der Waals surface area contributed by atoms with E-state index in [1.54, 1.807) is 0 Å². The van der Waals surface area contributed by atoms with Crippen LogP contribution in [0.3, 0.4) is 0 Å². The van der Waals surface area contributed by atoms with Crippen LogP contribution in [-0.4, -0.2) is 28.9 Å². The smallest absolute Gasteiger partial charge is 0.326 e. The quantitative estimate of drug-likeness (QED) is 0.686. The van der Waals surface area contributed by atoms with Gasteiger partial charge in [-0.05, 0) is 55.8 Å². The Bertz CT molecular complexity index is 448. The van der Waals surface area contributed by atoms with E-state index in [9.17, 15) is 14.4 Å². The van der Waals surface area contributed by atoms with Crippen molar-refractivity contribution in [3.05, 3.63) is 0 Å². The Labute approximate surface area is 123 Å². The summed E-state index contributed by atoms with van der Waals surface area (Å²) in [6, 6.07) is -1.20. The molecular weight excluding hydrogens is 272 g/mol. The van der Waals surface area contributed by atoms with E-state index in [1.807, 2.05) is 0 Å². The SMILES string of the molecule is NC(=O)C[C@H](NC(=O)C1C2CC3CC(C2)CC1C3)C(=O)O. The highest BCUT2D eigenvalue weighted by atomic mass is 16.4. The highest BCUT2D eigenvalue weighted by molar-refractivity contribution is 5.89. The fraction of sp³-hybridized carbons (Fsp3) is 0.800. The molecule has 1 atom stereocenters. The number of nitrogens with two attached hydrogens (primary N) is 1. The summed E-state index contributed by atoms with van der Waals surface area (Å²) in [6.45, 7) is 0. The zero-order valence-corrected chi connectivity index (χ0v) is 12.0. The number of nitrogens with one attached hydrogen (secondary N) is 1. The molecule has 0 aromatic rings. The second-order valence-electron chi connectivity index (χ2n) is 7.03. The van der Waals surface area contributed by atoms with Crippen molar-refractivity contribution in [1.29, 1.82) is 0 Å². The average Bonchev–Trinajstić information content (AvgIpc) is 2.35. The predicted molar refractivity (Wildman–Crippen MR) is 73.9 cm³/mol. The van der Waals surface area contributed by atoms with Gasteiger partial charge < -0.3 is 16.2 Å². The maximum atomic E-state index is 12.5. The van der Waals surface area contributed by atoms with E-state index in [0.717, 1.165) is 37.5 Å². The first-order valence-electron chi connectivity index (χ1n) is 7.75. The van der Waals surface area contributed by atoms with Gasteiger partial charge in [-0.2, -0.15) is 0 Å². The van der Waals surface area contributed by atoms with E-state index in [0.29, 0.717) is 11.8 Å². The van der Waals surface area contributed by atoms with Gasteiger partial charge in [0.2, 0.25) is 11.8 Å². The largest absolute Gasteiger partial charge is 0.480 e. The summed E-state index contributed by atoms with van der Waals surface area (Å²) >= 11 is 0. The van der Waals surface area contributed by atoms with E-state index in [-0.39, 0.29) is 18.2 Å². The highest BCUT2D eigenvalue weighted by Gasteiger charge is 2.51. The molecule has 4 N–H and O–H groups in total. The van der Waals surface area contributed by atoms with Crippen molar-refractivity contribution in [2.45, 2.75) is 44.6 Å². The zero-order chi connectivity index (χ0) is 15.1. The number of carbonyl (C=O) groups excluding carboxylic acids is 2. The van der Waals surface area contributed by atoms with Crippen molar-refractivity contribution < 1.29 is 19.5 Å². The van der Waals surface area contributed by atoms with Crippen LogP contribution in [-0.2, 0) is 14.4 Å². The summed E-state index contributed by atoms with van der Waals surface area (Å²) in [5, 5.41) is 11.6. The van der Waals surface area contributed by atoms with Gasteiger partial charge in [0, 0.05) is 5.92 Å². The van der Waals surface area contributed by atoms with Crippen molar-refractivity contribution in [3.8, 4) is 0 Å². The third-order valence-electron chi connectivity index (χ3n) is 5.55. The van der Waals surface area contributed by atoms with Gasteiger partial charge >= 0.3 is 5.97 Å². The lowest BCUT2D eigenvalue weighted by Gasteiger charge is -2.53. The van der Waals surface area contributed by atoms with Gasteiger partial charge in [0.1, 0.15) is 6.04 Å². The molecular formula is C15H22N2O4. The monoisotopic (exact) mass is 294 g/mol. The topological polar surface area (TPSA) is 109 Å². The third-order valence-corrected chi connectivity index (χ3v) is 5.55. The molecule has 0 saturated heterocycles. The number of amides is 2. The minimum absolute atomic E-state index is 0.0764. The molecule has 2 amide bonds. The van der Waals surface area contributed by atoms with E-state index < -0.39 is 17.9 Å². The number of carbonyl (C=O) groups is 3. The molecule has 0 unspecified atom stereocenters. The maximum absolute atomic E-state index is 12.5. The van der Waals surface area contributed by atoms with Crippen LogP contribution in [0.5, 0.6) is 0 Å². The zero-order valence-electron chi connectivity index (χ0n) is 12.0. The summed E-state index contributed by atoms with van der Waals surface area (Å²) in [4.78, 5) is 34.6. The van der Waals surface area contributed by atoms with Crippen molar-refractivity contribution in [1.82, 2.24) is 5.32 Å². The van der Waals surface area contributed by atoms with Crippen LogP contribution in [0.25, 0.3) is 0 Å². The van der Waals surface area contributed by atoms with E-state index in [2.05, 4.69) is 5.32 Å². The molecule has 4 aliphatic carbocycles. The molecule has 0 aromatic carbocycles. The van der Waals surface area contributed by atoms with Gasteiger partial charge in [-0.25, -0.2) is 4.79 Å². The summed E-state index contributed by atoms with van der Waals surface area (Å²) in [6.07, 6.45) is 5.34. The Morgan fingerprint density at radius 1 is 1.05 bits per heavy atom. The normalized spacial score (nSPS) is 38.0. The van der Waals surface area contributed by atoms with Gasteiger partial charge in [-0.3, -0.25) is 9.59 Å². The van der Waals surface area contributed by atoms with Crippen LogP contribution >= 0.6 is 0 Å². The molecule has 0 aliphatic heterocycles. The number of hydrogen-bond donors (Lipinski definition) is 3. The number of carboxylic acid groups (broad SMARTS) is 1. The van der Waals surface area contributed by atoms with Crippen LogP contribution in [0.2, 0.25) is 0 Å². The Morgan fingerprint density at radius 2 is 1.57 bits per heavy atom. The van der Waals surface area contributed by atoms with Crippen LogP contribution < -0.4 is 11.1 Å². The minimum atomic E-state index is -1.20. The van der Waals surface area contributed by atoms with Crippen molar-refractivity contribution in [3.63, 3.8) is 0 Å². The van der Waals surface area contributed by atoms with E-state index in [1.165, 1.54) is 6.42 Å². The molecule has 21 heavy (non-hydrogen) atoms. The molecule has 0 radical (unpaired) electrons. The second kappa shape index (κ2) is 5.31. The Morgan fingerprint density at radius 3 is 2.00 bits per heavy atom. The summed E-state index contributed by atoms with van der Waals surface area (Å²) < 4.78 is 0. The standard InChI is InChI=1S/C15H22N2O4/c16-12(18)6-11(15(20)21)17-14(19)13-9-2-7-1-8(4-9)5-10(13)3-7/h7-11,13H,1-6H2,(H2,16,18)(H,17,19)(H,20,21)/t7?,8?,9?,10?,11-,13?/m0/s1. The van der Waals surface area contributed by atoms with Gasteiger partial charge in [-0.1, -0.05) is 0 Å². The molecule has 0 heterocycles. The molecule has 4 aliphatic rings. The molecule has 4 rings (SSSR count). The first-order valence-corrected chi connectivity index (χ1v) is 7.75. The van der Waals surface area contributed by atoms with Crippen LogP contribution in [0.1, 0.15) is 38.5 Å². The molecule has 0 spiro atoms. The maximum Gasteiger partial charge on any atom is 0.326 e. The summed E-state index contributed by atoms with van der Waals surface area (Å²) in [5.41, 5.74) is 5.05. The third kappa shape index (κ3) is 2.76. The van der Waals surface area contributed by atoms with E-state index in [4.69, 9.17) is 10.8 Å². The lowest BCUT2D eigenvalue weighted by Crippen LogP contribution is -2.54. The van der Waals surface area contributed by atoms with Crippen molar-refractivity contribution in [2.24, 2.45) is 35.3 Å². The number of aliphatic carboxylic acids is 1. The predicted octanol–water partition coefficient (Wildman–Crippen LogP) is 0.503. The molecule has 4 fully saturated rings. The second-order valence-corrected chi connectivity index (χ2v) is 7.03. The summed E-state index contributed by atoms with van der Waals surface area (Å²) in [7, 11) is 0. The lowest BCUT2D eigenvalue weighted by atomic mass is 9.51. The number of rotatable bonds is 5. The van der Waals surface area contributed by atoms with E-state index >= 15 is 0 Å². The minimum Gasteiger partial charge on any atom is -0.480 e. The number of carboxylic acids is 1. The first-order chi connectivity index (χ1) is 9.94. The molecule has 6 heteroatoms. The first kappa shape index (κ1) is 14.4. The molecule has 0 aromatic heterocycles. The van der Waals surface area contributed by atoms with Crippen molar-refractivity contribution in [2.75, 3.05) is 0 Å².